The molecule has 2 heterocycles. The van der Waals surface area contributed by atoms with E-state index in [1.165, 1.54) is 17.5 Å². The van der Waals surface area contributed by atoms with Crippen LogP contribution in [0.25, 0.3) is 0 Å². The topological polar surface area (TPSA) is 75.1 Å². The molecule has 0 fully saturated rings. The number of anilines is 1. The largest absolute Gasteiger partial charge is 0.478 e. The first-order valence-electron chi connectivity index (χ1n) is 5.11. The van der Waals surface area contributed by atoms with Gasteiger partial charge in [-0.05, 0) is 13.0 Å². The smallest absolute Gasteiger partial charge is 0.338 e. The normalized spacial score (nSPS) is 10.3. The van der Waals surface area contributed by atoms with E-state index in [4.69, 9.17) is 5.11 Å². The molecule has 0 bridgehead atoms. The second kappa shape index (κ2) is 5.09. The van der Waals surface area contributed by atoms with Crippen LogP contribution in [-0.4, -0.2) is 21.0 Å². The van der Waals surface area contributed by atoms with Gasteiger partial charge in [-0.25, -0.2) is 19.2 Å². The molecule has 0 aliphatic heterocycles. The lowest BCUT2D eigenvalue weighted by atomic mass is 10.2. The molecule has 2 aromatic rings. The summed E-state index contributed by atoms with van der Waals surface area (Å²) in [6.07, 6.45) is 2.97. The molecule has 94 valence electrons. The SMILES string of the molecule is Cc1cnc(CNc2nccc(C(=O)O)c2F)s1. The monoisotopic (exact) mass is 267 g/mol. The number of rotatable bonds is 4. The molecule has 7 heteroatoms. The second-order valence-electron chi connectivity index (χ2n) is 3.54. The van der Waals surface area contributed by atoms with Gasteiger partial charge in [-0.3, -0.25) is 0 Å². The zero-order chi connectivity index (χ0) is 13.1. The van der Waals surface area contributed by atoms with Crippen molar-refractivity contribution in [3.8, 4) is 0 Å². The molecule has 2 rings (SSSR count). The molecule has 5 nitrogen and oxygen atoms in total. The quantitative estimate of drug-likeness (QED) is 0.889. The predicted molar refractivity (Wildman–Crippen MR) is 65.3 cm³/mol. The number of nitrogens with one attached hydrogen (secondary N) is 1. The van der Waals surface area contributed by atoms with E-state index in [1.807, 2.05) is 6.92 Å². The van der Waals surface area contributed by atoms with Crippen LogP contribution in [0.1, 0.15) is 20.2 Å². The summed E-state index contributed by atoms with van der Waals surface area (Å²) in [6.45, 7) is 2.23. The predicted octanol–water partition coefficient (Wildman–Crippen LogP) is 2.30. The van der Waals surface area contributed by atoms with E-state index in [1.54, 1.807) is 6.20 Å². The number of hydrogen-bond donors (Lipinski definition) is 2. The second-order valence-corrected chi connectivity index (χ2v) is 4.86. The van der Waals surface area contributed by atoms with Crippen molar-refractivity contribution in [2.75, 3.05) is 5.32 Å². The molecular weight excluding hydrogens is 257 g/mol. The molecule has 0 aliphatic rings. The zero-order valence-corrected chi connectivity index (χ0v) is 10.3. The van der Waals surface area contributed by atoms with Crippen molar-refractivity contribution >= 4 is 23.1 Å². The molecule has 0 amide bonds. The van der Waals surface area contributed by atoms with Crippen molar-refractivity contribution in [3.63, 3.8) is 0 Å². The lowest BCUT2D eigenvalue weighted by Gasteiger charge is -2.06. The van der Waals surface area contributed by atoms with Crippen LogP contribution in [0.3, 0.4) is 0 Å². The van der Waals surface area contributed by atoms with Crippen LogP contribution in [0.4, 0.5) is 10.2 Å². The first kappa shape index (κ1) is 12.4. The third kappa shape index (κ3) is 2.62. The molecule has 0 radical (unpaired) electrons. The number of thiazole rings is 1. The lowest BCUT2D eigenvalue weighted by molar-refractivity contribution is 0.0692. The van der Waals surface area contributed by atoms with Crippen molar-refractivity contribution in [1.82, 2.24) is 9.97 Å². The van der Waals surface area contributed by atoms with Gasteiger partial charge in [0, 0.05) is 17.3 Å². The molecule has 0 saturated carbocycles. The summed E-state index contributed by atoms with van der Waals surface area (Å²) in [6, 6.07) is 1.12. The van der Waals surface area contributed by atoms with Gasteiger partial charge in [0.15, 0.2) is 11.6 Å². The van der Waals surface area contributed by atoms with Crippen molar-refractivity contribution in [2.45, 2.75) is 13.5 Å². The van der Waals surface area contributed by atoms with Crippen molar-refractivity contribution in [3.05, 3.63) is 39.7 Å². The number of carboxylic acids is 1. The molecule has 0 saturated heterocycles. The van der Waals surface area contributed by atoms with E-state index in [2.05, 4.69) is 15.3 Å². The van der Waals surface area contributed by atoms with Crippen LogP contribution < -0.4 is 5.32 Å². The Labute approximate surface area is 106 Å². The third-order valence-electron chi connectivity index (χ3n) is 2.20. The van der Waals surface area contributed by atoms with Gasteiger partial charge in [0.05, 0.1) is 6.54 Å². The van der Waals surface area contributed by atoms with Gasteiger partial charge in [-0.15, -0.1) is 11.3 Å². The zero-order valence-electron chi connectivity index (χ0n) is 9.48. The van der Waals surface area contributed by atoms with Gasteiger partial charge in [0.1, 0.15) is 10.6 Å². The number of halogens is 1. The van der Waals surface area contributed by atoms with Gasteiger partial charge < -0.3 is 10.4 Å². The fourth-order valence-corrected chi connectivity index (χ4v) is 2.10. The highest BCUT2D eigenvalue weighted by Crippen LogP contribution is 2.17. The minimum Gasteiger partial charge on any atom is -0.478 e. The van der Waals surface area contributed by atoms with Crippen LogP contribution in [0.5, 0.6) is 0 Å². The van der Waals surface area contributed by atoms with Crippen molar-refractivity contribution in [1.29, 1.82) is 0 Å². The molecule has 18 heavy (non-hydrogen) atoms. The molecule has 2 aromatic heterocycles. The maximum absolute atomic E-state index is 13.7. The highest BCUT2D eigenvalue weighted by Gasteiger charge is 2.14. The van der Waals surface area contributed by atoms with Gasteiger partial charge in [0.25, 0.3) is 0 Å². The summed E-state index contributed by atoms with van der Waals surface area (Å²) in [5, 5.41) is 12.3. The van der Waals surface area contributed by atoms with Crippen LogP contribution in [0.15, 0.2) is 18.5 Å². The van der Waals surface area contributed by atoms with Crippen LogP contribution in [-0.2, 0) is 6.54 Å². The number of carbonyl (C=O) groups is 1. The third-order valence-corrected chi connectivity index (χ3v) is 3.11. The van der Waals surface area contributed by atoms with E-state index < -0.39 is 17.3 Å². The van der Waals surface area contributed by atoms with E-state index in [-0.39, 0.29) is 5.82 Å². The molecule has 0 spiro atoms. The summed E-state index contributed by atoms with van der Waals surface area (Å²) in [5.74, 6) is -2.26. The number of hydrogen-bond acceptors (Lipinski definition) is 5. The van der Waals surface area contributed by atoms with E-state index in [0.717, 1.165) is 16.0 Å². The molecule has 2 N–H and O–H groups in total. The Morgan fingerprint density at radius 3 is 2.94 bits per heavy atom. The fraction of sp³-hybridized carbons (Fsp3) is 0.182. The Morgan fingerprint density at radius 1 is 1.56 bits per heavy atom. The fourth-order valence-electron chi connectivity index (χ4n) is 1.37. The number of pyridine rings is 1. The summed E-state index contributed by atoms with van der Waals surface area (Å²) in [4.78, 5) is 19.7. The lowest BCUT2D eigenvalue weighted by Crippen LogP contribution is -2.08. The van der Waals surface area contributed by atoms with Crippen molar-refractivity contribution < 1.29 is 14.3 Å². The Kier molecular flexibility index (Phi) is 3.52. The highest BCUT2D eigenvalue weighted by molar-refractivity contribution is 7.11. The minimum absolute atomic E-state index is 0.0808. The molecular formula is C11H10FN3O2S. The van der Waals surface area contributed by atoms with Crippen LogP contribution in [0, 0.1) is 12.7 Å². The van der Waals surface area contributed by atoms with Crippen LogP contribution >= 0.6 is 11.3 Å². The molecule has 0 atom stereocenters. The highest BCUT2D eigenvalue weighted by atomic mass is 32.1. The summed E-state index contributed by atoms with van der Waals surface area (Å²) in [7, 11) is 0. The number of carboxylic acid groups (broad SMARTS) is 1. The molecule has 0 aliphatic carbocycles. The number of nitrogens with zero attached hydrogens (tertiary/aromatic N) is 2. The van der Waals surface area contributed by atoms with E-state index >= 15 is 0 Å². The van der Waals surface area contributed by atoms with Gasteiger partial charge in [0.2, 0.25) is 0 Å². The Balaban J connectivity index is 2.14. The molecule has 0 unspecified atom stereocenters. The standard InChI is InChI=1S/C11H10FN3O2S/c1-6-4-14-8(18-6)5-15-10-9(12)7(11(16)17)2-3-13-10/h2-4H,5H2,1H3,(H,13,15)(H,16,17). The average molecular weight is 267 g/mol. The Bertz CT molecular complexity index is 585. The number of aromatic nitrogens is 2. The minimum atomic E-state index is -1.32. The number of aromatic carboxylic acids is 1. The maximum Gasteiger partial charge on any atom is 0.338 e. The summed E-state index contributed by atoms with van der Waals surface area (Å²) < 4.78 is 13.7. The summed E-state index contributed by atoms with van der Waals surface area (Å²) in [5.41, 5.74) is -0.400. The van der Waals surface area contributed by atoms with Gasteiger partial charge >= 0.3 is 5.97 Å². The molecule has 0 aromatic carbocycles. The maximum atomic E-state index is 13.7. The van der Waals surface area contributed by atoms with E-state index in [0.29, 0.717) is 6.54 Å². The Morgan fingerprint density at radius 2 is 2.33 bits per heavy atom. The van der Waals surface area contributed by atoms with Crippen LogP contribution in [0.2, 0.25) is 0 Å². The first-order chi connectivity index (χ1) is 8.58. The van der Waals surface area contributed by atoms with Gasteiger partial charge in [-0.2, -0.15) is 0 Å². The first-order valence-corrected chi connectivity index (χ1v) is 5.92. The van der Waals surface area contributed by atoms with E-state index in [9.17, 15) is 9.18 Å². The Hall–Kier alpha value is -2.02. The number of aryl methyl sites for hydroxylation is 1. The summed E-state index contributed by atoms with van der Waals surface area (Å²) >= 11 is 1.48. The van der Waals surface area contributed by atoms with Crippen molar-refractivity contribution in [2.24, 2.45) is 0 Å². The van der Waals surface area contributed by atoms with Gasteiger partial charge in [-0.1, -0.05) is 0 Å². The average Bonchev–Trinajstić information content (AvgIpc) is 2.73.